The summed E-state index contributed by atoms with van der Waals surface area (Å²) in [5.41, 5.74) is -0.662. The Bertz CT molecular complexity index is 606. The number of hydrogen-bond donors (Lipinski definition) is 1. The normalized spacial score (nSPS) is 10.5. The first kappa shape index (κ1) is 9.67. The van der Waals surface area contributed by atoms with Crippen molar-refractivity contribution in [3.8, 4) is 0 Å². The fourth-order valence-electron chi connectivity index (χ4n) is 1.23. The minimum Gasteiger partial charge on any atom is -0.476 e. The number of aromatic nitrogens is 2. The van der Waals surface area contributed by atoms with Crippen LogP contribution in [-0.2, 0) is 0 Å². The third-order valence-electron chi connectivity index (χ3n) is 1.91. The van der Waals surface area contributed by atoms with Crippen LogP contribution in [0.15, 0.2) is 29.1 Å². The largest absolute Gasteiger partial charge is 0.476 e. The minimum atomic E-state index is -1.39. The molecule has 1 aromatic carbocycles. The maximum absolute atomic E-state index is 11.4. The van der Waals surface area contributed by atoms with Gasteiger partial charge in [-0.2, -0.15) is 0 Å². The second kappa shape index (κ2) is 3.36. The van der Waals surface area contributed by atoms with Gasteiger partial charge in [0.1, 0.15) is 0 Å². The van der Waals surface area contributed by atoms with Crippen molar-refractivity contribution in [1.29, 1.82) is 0 Å². The van der Waals surface area contributed by atoms with Crippen LogP contribution in [0.2, 0.25) is 0 Å². The highest BCUT2D eigenvalue weighted by molar-refractivity contribution is 6.18. The van der Waals surface area contributed by atoms with Crippen molar-refractivity contribution < 1.29 is 9.90 Å². The van der Waals surface area contributed by atoms with E-state index in [-0.39, 0.29) is 0 Å². The van der Waals surface area contributed by atoms with Crippen LogP contribution in [0.3, 0.4) is 0 Å². The molecule has 0 aliphatic heterocycles. The van der Waals surface area contributed by atoms with Crippen molar-refractivity contribution in [2.24, 2.45) is 0 Å². The van der Waals surface area contributed by atoms with Crippen LogP contribution in [0, 0.1) is 0 Å². The van der Waals surface area contributed by atoms with E-state index in [1.807, 2.05) is 0 Å². The minimum absolute atomic E-state index is 0.365. The first-order chi connectivity index (χ1) is 7.11. The van der Waals surface area contributed by atoms with Crippen molar-refractivity contribution in [3.05, 3.63) is 40.3 Å². The zero-order valence-corrected chi connectivity index (χ0v) is 8.10. The van der Waals surface area contributed by atoms with Crippen molar-refractivity contribution in [2.45, 2.75) is 0 Å². The van der Waals surface area contributed by atoms with E-state index >= 15 is 0 Å². The first-order valence-corrected chi connectivity index (χ1v) is 4.36. The quantitative estimate of drug-likeness (QED) is 0.787. The van der Waals surface area contributed by atoms with Gasteiger partial charge < -0.3 is 5.11 Å². The van der Waals surface area contributed by atoms with Gasteiger partial charge >= 0.3 is 5.97 Å². The predicted octanol–water partition coefficient (Wildman–Crippen LogP) is 1.10. The Labute approximate surface area is 88.7 Å². The van der Waals surface area contributed by atoms with Gasteiger partial charge in [-0.15, -0.1) is 0 Å². The molecule has 0 spiro atoms. The number of halogens is 1. The number of rotatable bonds is 1. The summed E-state index contributed by atoms with van der Waals surface area (Å²) in [6, 6.07) is 6.54. The van der Waals surface area contributed by atoms with Gasteiger partial charge in [-0.05, 0) is 12.1 Å². The zero-order valence-electron chi connectivity index (χ0n) is 7.35. The fraction of sp³-hybridized carbons (Fsp3) is 0. The highest BCUT2D eigenvalue weighted by Crippen LogP contribution is 2.10. The van der Waals surface area contributed by atoms with Crippen LogP contribution in [0.5, 0.6) is 0 Å². The second-order valence-electron chi connectivity index (χ2n) is 2.84. The molecule has 2 rings (SSSR count). The molecule has 0 unspecified atom stereocenters. The van der Waals surface area contributed by atoms with Gasteiger partial charge in [0.2, 0.25) is 5.69 Å². The predicted molar refractivity (Wildman–Crippen MR) is 54.2 cm³/mol. The van der Waals surface area contributed by atoms with E-state index < -0.39 is 17.2 Å². The lowest BCUT2D eigenvalue weighted by Crippen LogP contribution is -2.24. The molecule has 0 saturated heterocycles. The molecule has 0 atom stereocenters. The van der Waals surface area contributed by atoms with Gasteiger partial charge in [0.05, 0.1) is 11.0 Å². The van der Waals surface area contributed by atoms with Gasteiger partial charge in [0.25, 0.3) is 5.56 Å². The maximum Gasteiger partial charge on any atom is 0.360 e. The number of hydrogen-bond acceptors (Lipinski definition) is 3. The maximum atomic E-state index is 11.4. The SMILES string of the molecule is O=C(O)c1nc2ccccc2n(Cl)c1=O. The molecule has 1 aromatic heterocycles. The summed E-state index contributed by atoms with van der Waals surface area (Å²) < 4.78 is 0.756. The average molecular weight is 225 g/mol. The van der Waals surface area contributed by atoms with Crippen LogP contribution in [0.25, 0.3) is 11.0 Å². The lowest BCUT2D eigenvalue weighted by atomic mass is 10.3. The molecule has 1 heterocycles. The number of carboxylic acids is 1. The molecule has 5 nitrogen and oxygen atoms in total. The number of para-hydroxylation sites is 2. The molecule has 0 fully saturated rings. The van der Waals surface area contributed by atoms with Gasteiger partial charge in [0.15, 0.2) is 0 Å². The molecule has 0 aliphatic rings. The van der Waals surface area contributed by atoms with E-state index in [2.05, 4.69) is 4.98 Å². The molecule has 6 heteroatoms. The Balaban J connectivity index is 2.95. The van der Waals surface area contributed by atoms with Crippen LogP contribution in [-0.4, -0.2) is 20.1 Å². The summed E-state index contributed by atoms with van der Waals surface area (Å²) >= 11 is 5.68. The molecule has 0 radical (unpaired) electrons. The summed E-state index contributed by atoms with van der Waals surface area (Å²) in [6.45, 7) is 0. The molecule has 76 valence electrons. The number of carbonyl (C=O) groups is 1. The molecular weight excluding hydrogens is 220 g/mol. The van der Waals surface area contributed by atoms with Gasteiger partial charge in [-0.3, -0.25) is 4.79 Å². The second-order valence-corrected chi connectivity index (χ2v) is 3.18. The van der Waals surface area contributed by atoms with E-state index in [9.17, 15) is 9.59 Å². The monoisotopic (exact) mass is 224 g/mol. The van der Waals surface area contributed by atoms with Crippen LogP contribution < -0.4 is 5.56 Å². The fourth-order valence-corrected chi connectivity index (χ4v) is 1.46. The third-order valence-corrected chi connectivity index (χ3v) is 2.24. The Morgan fingerprint density at radius 2 is 2.07 bits per heavy atom. The van der Waals surface area contributed by atoms with E-state index in [1.165, 1.54) is 0 Å². The number of fused-ring (bicyclic) bond motifs is 1. The molecule has 0 amide bonds. The summed E-state index contributed by atoms with van der Waals surface area (Å²) in [5.74, 6) is -1.39. The zero-order chi connectivity index (χ0) is 11.0. The Morgan fingerprint density at radius 1 is 1.40 bits per heavy atom. The van der Waals surface area contributed by atoms with Crippen molar-refractivity contribution in [1.82, 2.24) is 9.07 Å². The average Bonchev–Trinajstić information content (AvgIpc) is 2.23. The van der Waals surface area contributed by atoms with Crippen molar-refractivity contribution in [2.75, 3.05) is 0 Å². The summed E-state index contributed by atoms with van der Waals surface area (Å²) in [4.78, 5) is 25.8. The summed E-state index contributed by atoms with van der Waals surface area (Å²) in [6.07, 6.45) is 0. The van der Waals surface area contributed by atoms with Crippen LogP contribution in [0.4, 0.5) is 0 Å². The van der Waals surface area contributed by atoms with Gasteiger partial charge in [-0.25, -0.2) is 13.9 Å². The molecule has 0 bridgehead atoms. The topological polar surface area (TPSA) is 72.2 Å². The van der Waals surface area contributed by atoms with Crippen LogP contribution in [0.1, 0.15) is 10.5 Å². The van der Waals surface area contributed by atoms with E-state index in [0.29, 0.717) is 11.0 Å². The number of benzene rings is 1. The Hall–Kier alpha value is -1.88. The molecular formula is C9H5ClN2O3. The van der Waals surface area contributed by atoms with E-state index in [1.54, 1.807) is 24.3 Å². The van der Waals surface area contributed by atoms with E-state index in [0.717, 1.165) is 4.09 Å². The van der Waals surface area contributed by atoms with E-state index in [4.69, 9.17) is 16.9 Å². The van der Waals surface area contributed by atoms with Gasteiger partial charge in [-0.1, -0.05) is 12.1 Å². The highest BCUT2D eigenvalue weighted by atomic mass is 35.5. The van der Waals surface area contributed by atoms with Crippen molar-refractivity contribution in [3.63, 3.8) is 0 Å². The third kappa shape index (κ3) is 1.46. The number of carboxylic acid groups (broad SMARTS) is 1. The standard InChI is InChI=1S/C9H5ClN2O3/c10-12-6-4-2-1-3-5(6)11-7(8(12)13)9(14)15/h1-4H,(H,14,15). The highest BCUT2D eigenvalue weighted by Gasteiger charge is 2.15. The van der Waals surface area contributed by atoms with Crippen LogP contribution >= 0.6 is 11.8 Å². The lowest BCUT2D eigenvalue weighted by molar-refractivity contribution is 0.0688. The molecule has 2 aromatic rings. The molecule has 15 heavy (non-hydrogen) atoms. The smallest absolute Gasteiger partial charge is 0.360 e. The molecule has 1 N–H and O–H groups in total. The molecule has 0 saturated carbocycles. The van der Waals surface area contributed by atoms with Gasteiger partial charge in [0, 0.05) is 11.8 Å². The summed E-state index contributed by atoms with van der Waals surface area (Å²) in [7, 11) is 0. The summed E-state index contributed by atoms with van der Waals surface area (Å²) in [5, 5.41) is 8.72. The number of aromatic carboxylic acids is 1. The first-order valence-electron chi connectivity index (χ1n) is 4.02. The Kier molecular flexibility index (Phi) is 2.17. The number of nitrogens with zero attached hydrogens (tertiary/aromatic N) is 2. The van der Waals surface area contributed by atoms with Crippen molar-refractivity contribution >= 4 is 28.8 Å². The molecule has 0 aliphatic carbocycles. The lowest BCUT2D eigenvalue weighted by Gasteiger charge is -2.02. The Morgan fingerprint density at radius 3 is 2.73 bits per heavy atom.